The highest BCUT2D eigenvalue weighted by Crippen LogP contribution is 2.32. The Balaban J connectivity index is 1.73. The summed E-state index contributed by atoms with van der Waals surface area (Å²) in [5.74, 6) is 0. The fraction of sp³-hybridized carbons (Fsp3) is 0.0455. The van der Waals surface area contributed by atoms with Crippen molar-refractivity contribution in [2.45, 2.75) is 6.92 Å². The van der Waals surface area contributed by atoms with E-state index in [2.05, 4.69) is 16.0 Å². The van der Waals surface area contributed by atoms with Crippen LogP contribution in [-0.4, -0.2) is 9.97 Å². The monoisotopic (exact) mass is 455 g/mol. The Morgan fingerprint density at radius 3 is 2.62 bits per heavy atom. The zero-order chi connectivity index (χ0) is 20.5. The van der Waals surface area contributed by atoms with Crippen LogP contribution in [0.15, 0.2) is 47.8 Å². The van der Waals surface area contributed by atoms with Gasteiger partial charge in [0.25, 0.3) is 0 Å². The lowest BCUT2D eigenvalue weighted by molar-refractivity contribution is 1.36. The van der Waals surface area contributed by atoms with E-state index in [4.69, 9.17) is 34.8 Å². The number of thiazole rings is 1. The molecule has 2 aromatic heterocycles. The van der Waals surface area contributed by atoms with Crippen LogP contribution in [0, 0.1) is 18.3 Å². The molecule has 0 amide bonds. The molecule has 2 heterocycles. The molecule has 0 N–H and O–H groups in total. The fourth-order valence-corrected chi connectivity index (χ4v) is 4.15. The molecule has 0 aliphatic carbocycles. The Bertz CT molecular complexity index is 1320. The summed E-state index contributed by atoms with van der Waals surface area (Å²) < 4.78 is 0. The number of hydrogen-bond acceptors (Lipinski definition) is 4. The van der Waals surface area contributed by atoms with Crippen LogP contribution in [0.2, 0.25) is 15.2 Å². The minimum atomic E-state index is 0.345. The van der Waals surface area contributed by atoms with E-state index < -0.39 is 0 Å². The Morgan fingerprint density at radius 2 is 1.86 bits per heavy atom. The average Bonchev–Trinajstić information content (AvgIpc) is 3.18. The van der Waals surface area contributed by atoms with E-state index >= 15 is 0 Å². The van der Waals surface area contributed by atoms with Crippen LogP contribution < -0.4 is 0 Å². The van der Waals surface area contributed by atoms with Crippen LogP contribution >= 0.6 is 46.1 Å². The molecule has 0 aliphatic heterocycles. The van der Waals surface area contributed by atoms with Crippen LogP contribution in [0.1, 0.15) is 16.1 Å². The maximum atomic E-state index is 9.69. The van der Waals surface area contributed by atoms with Crippen molar-refractivity contribution in [3.05, 3.63) is 79.2 Å². The van der Waals surface area contributed by atoms with Gasteiger partial charge in [0, 0.05) is 21.9 Å². The molecule has 0 fully saturated rings. The zero-order valence-electron chi connectivity index (χ0n) is 15.1. The number of fused-ring (bicyclic) bond motifs is 1. The molecule has 7 heteroatoms. The van der Waals surface area contributed by atoms with Crippen molar-refractivity contribution in [1.29, 1.82) is 5.26 Å². The summed E-state index contributed by atoms with van der Waals surface area (Å²) in [7, 11) is 0. The van der Waals surface area contributed by atoms with Gasteiger partial charge in [-0.25, -0.2) is 9.97 Å². The normalized spacial score (nSPS) is 11.6. The van der Waals surface area contributed by atoms with Crippen molar-refractivity contribution in [3.63, 3.8) is 0 Å². The summed E-state index contributed by atoms with van der Waals surface area (Å²) in [5.41, 5.74) is 4.58. The maximum absolute atomic E-state index is 9.69. The Hall–Kier alpha value is -2.42. The molecular formula is C22H12Cl3N3S. The van der Waals surface area contributed by atoms with Gasteiger partial charge in [0.15, 0.2) is 0 Å². The molecule has 0 radical (unpaired) electrons. The van der Waals surface area contributed by atoms with Crippen molar-refractivity contribution in [2.24, 2.45) is 0 Å². The molecule has 0 unspecified atom stereocenters. The third-order valence-electron chi connectivity index (χ3n) is 4.32. The number of pyridine rings is 1. The van der Waals surface area contributed by atoms with Crippen LogP contribution in [-0.2, 0) is 0 Å². The highest BCUT2D eigenvalue weighted by molar-refractivity contribution is 7.11. The second-order valence-corrected chi connectivity index (χ2v) is 8.43. The van der Waals surface area contributed by atoms with Crippen LogP contribution in [0.25, 0.3) is 33.8 Å². The molecule has 2 aromatic carbocycles. The van der Waals surface area contributed by atoms with Crippen LogP contribution in [0.3, 0.4) is 0 Å². The molecule has 142 valence electrons. The van der Waals surface area contributed by atoms with Gasteiger partial charge in [-0.3, -0.25) is 0 Å². The average molecular weight is 457 g/mol. The summed E-state index contributed by atoms with van der Waals surface area (Å²) in [6.45, 7) is 2.00. The van der Waals surface area contributed by atoms with Gasteiger partial charge in [0.05, 0.1) is 26.8 Å². The van der Waals surface area contributed by atoms with Gasteiger partial charge in [0.2, 0.25) is 0 Å². The number of nitrogens with zero attached hydrogens (tertiary/aromatic N) is 3. The first-order valence-electron chi connectivity index (χ1n) is 8.54. The summed E-state index contributed by atoms with van der Waals surface area (Å²) in [4.78, 5) is 9.04. The van der Waals surface area contributed by atoms with Crippen LogP contribution in [0.5, 0.6) is 0 Å². The van der Waals surface area contributed by atoms with E-state index in [9.17, 15) is 5.26 Å². The number of rotatable bonds is 3. The molecule has 0 saturated heterocycles. The van der Waals surface area contributed by atoms with Gasteiger partial charge in [-0.15, -0.1) is 11.3 Å². The van der Waals surface area contributed by atoms with Gasteiger partial charge < -0.3 is 0 Å². The topological polar surface area (TPSA) is 49.6 Å². The van der Waals surface area contributed by atoms with Gasteiger partial charge in [-0.05, 0) is 42.8 Å². The number of aromatic nitrogens is 2. The number of hydrogen-bond donors (Lipinski definition) is 0. The second kappa shape index (κ2) is 8.14. The summed E-state index contributed by atoms with van der Waals surface area (Å²) in [6.07, 6.45) is 1.71. The number of nitriles is 1. The quantitative estimate of drug-likeness (QED) is 0.234. The number of benzene rings is 2. The Kier molecular flexibility index (Phi) is 5.58. The molecule has 4 aromatic rings. The van der Waals surface area contributed by atoms with Crippen molar-refractivity contribution >= 4 is 68.7 Å². The predicted molar refractivity (Wildman–Crippen MR) is 123 cm³/mol. The van der Waals surface area contributed by atoms with Crippen molar-refractivity contribution < 1.29 is 0 Å². The molecule has 0 bridgehead atoms. The van der Waals surface area contributed by atoms with Gasteiger partial charge >= 0.3 is 0 Å². The van der Waals surface area contributed by atoms with E-state index in [0.717, 1.165) is 27.7 Å². The smallest absolute Gasteiger partial charge is 0.137 e. The first-order valence-corrected chi connectivity index (χ1v) is 10.6. The minimum absolute atomic E-state index is 0.345. The van der Waals surface area contributed by atoms with Gasteiger partial charge in [-0.2, -0.15) is 5.26 Å². The maximum Gasteiger partial charge on any atom is 0.137 e. The van der Waals surface area contributed by atoms with E-state index in [1.54, 1.807) is 18.2 Å². The van der Waals surface area contributed by atoms with Crippen molar-refractivity contribution in [3.8, 4) is 17.3 Å². The number of halogens is 3. The number of allylic oxidation sites excluding steroid dienone is 1. The summed E-state index contributed by atoms with van der Waals surface area (Å²) in [5, 5.41) is 14.4. The van der Waals surface area contributed by atoms with Crippen molar-refractivity contribution in [1.82, 2.24) is 9.97 Å². The molecule has 0 atom stereocenters. The lowest BCUT2D eigenvalue weighted by Crippen LogP contribution is -1.88. The molecule has 29 heavy (non-hydrogen) atoms. The zero-order valence-corrected chi connectivity index (χ0v) is 18.2. The second-order valence-electron chi connectivity index (χ2n) is 6.40. The van der Waals surface area contributed by atoms with Gasteiger partial charge in [0.1, 0.15) is 16.2 Å². The third-order valence-corrected chi connectivity index (χ3v) is 6.24. The lowest BCUT2D eigenvalue weighted by atomic mass is 10.1. The van der Waals surface area contributed by atoms with E-state index in [1.807, 2.05) is 42.6 Å². The van der Waals surface area contributed by atoms with Crippen LogP contribution in [0.4, 0.5) is 0 Å². The van der Waals surface area contributed by atoms with E-state index in [-0.39, 0.29) is 0 Å². The highest BCUT2D eigenvalue weighted by Gasteiger charge is 2.12. The molecular weight excluding hydrogens is 445 g/mol. The van der Waals surface area contributed by atoms with Crippen molar-refractivity contribution in [2.75, 3.05) is 0 Å². The Morgan fingerprint density at radius 1 is 1.03 bits per heavy atom. The Labute approximate surface area is 186 Å². The molecule has 3 nitrogen and oxygen atoms in total. The number of aryl methyl sites for hydroxylation is 1. The lowest BCUT2D eigenvalue weighted by Gasteiger charge is -2.04. The van der Waals surface area contributed by atoms with E-state index in [1.165, 1.54) is 11.3 Å². The first-order chi connectivity index (χ1) is 13.9. The summed E-state index contributed by atoms with van der Waals surface area (Å²) >= 11 is 19.8. The first kappa shape index (κ1) is 19.9. The highest BCUT2D eigenvalue weighted by atomic mass is 35.5. The predicted octanol–water partition coefficient (Wildman–Crippen LogP) is 7.69. The molecule has 0 aliphatic rings. The molecule has 0 saturated carbocycles. The fourth-order valence-electron chi connectivity index (χ4n) is 2.85. The molecule has 4 rings (SSSR count). The minimum Gasteiger partial charge on any atom is -0.235 e. The summed E-state index contributed by atoms with van der Waals surface area (Å²) in [6, 6.07) is 15.4. The third kappa shape index (κ3) is 4.14. The van der Waals surface area contributed by atoms with Gasteiger partial charge in [-0.1, -0.05) is 53.0 Å². The largest absolute Gasteiger partial charge is 0.235 e. The SMILES string of the molecule is Cc1ccc2cc(/C=C(\C#N)c3nc(-c4ccc(Cl)c(Cl)c4)cs3)c(Cl)nc2c1. The van der Waals surface area contributed by atoms with E-state index in [0.29, 0.717) is 31.3 Å². The molecule has 0 spiro atoms. The standard InChI is InChI=1S/C22H12Cl3N3S/c1-12-2-3-13-7-15(21(25)27-19(13)6-12)8-16(10-26)22-28-20(11-29-22)14-4-5-17(23)18(24)9-14/h2-9,11H,1H3/b16-8+.